The molecule has 0 fully saturated rings. The summed E-state index contributed by atoms with van der Waals surface area (Å²) in [7, 11) is 0. The Hall–Kier alpha value is -3.43. The van der Waals surface area contributed by atoms with Gasteiger partial charge in [-0.2, -0.15) is 10.5 Å². The molecule has 9 heteroatoms. The molecule has 8 nitrogen and oxygen atoms in total. The first-order chi connectivity index (χ1) is 14.1. The highest BCUT2D eigenvalue weighted by atomic mass is 32.2. The summed E-state index contributed by atoms with van der Waals surface area (Å²) in [5, 5.41) is 23.8. The van der Waals surface area contributed by atoms with Gasteiger partial charge in [0.15, 0.2) is 6.19 Å². The average molecular weight is 407 g/mol. The molecule has 0 bridgehead atoms. The maximum atomic E-state index is 9.41. The van der Waals surface area contributed by atoms with Gasteiger partial charge in [-0.15, -0.1) is 11.8 Å². The van der Waals surface area contributed by atoms with E-state index >= 15 is 0 Å². The molecular formula is C20H22N8S. The maximum Gasteiger partial charge on any atom is 0.211 e. The van der Waals surface area contributed by atoms with Crippen LogP contribution in [-0.2, 0) is 0 Å². The number of guanidine groups is 1. The fraction of sp³-hybridized carbons (Fsp3) is 0.300. The average Bonchev–Trinajstić information content (AvgIpc) is 2.71. The number of nitrogens with zero attached hydrogens (tertiary/aromatic N) is 4. The van der Waals surface area contributed by atoms with Crippen molar-refractivity contribution in [3.05, 3.63) is 41.0 Å². The molecule has 1 unspecified atom stereocenters. The number of aromatic nitrogens is 1. The van der Waals surface area contributed by atoms with Crippen LogP contribution in [-0.4, -0.2) is 16.7 Å². The number of rotatable bonds is 6. The molecule has 0 aliphatic carbocycles. The minimum Gasteiger partial charge on any atom is -0.397 e. The van der Waals surface area contributed by atoms with E-state index in [1.54, 1.807) is 11.8 Å². The van der Waals surface area contributed by atoms with Crippen molar-refractivity contribution in [1.82, 2.24) is 10.3 Å². The van der Waals surface area contributed by atoms with E-state index in [1.165, 1.54) is 12.8 Å². The largest absolute Gasteiger partial charge is 0.397 e. The highest BCUT2D eigenvalue weighted by Gasteiger charge is 2.29. The van der Waals surface area contributed by atoms with Crippen molar-refractivity contribution in [2.45, 2.75) is 37.1 Å². The van der Waals surface area contributed by atoms with E-state index in [-0.39, 0.29) is 23.0 Å². The summed E-state index contributed by atoms with van der Waals surface area (Å²) in [6, 6.07) is 9.54. The Morgan fingerprint density at radius 3 is 2.83 bits per heavy atom. The number of fused-ring (bicyclic) bond motifs is 1. The van der Waals surface area contributed by atoms with Crippen LogP contribution in [0.15, 0.2) is 34.2 Å². The summed E-state index contributed by atoms with van der Waals surface area (Å²) in [5.41, 5.74) is 14.0. The topological polar surface area (TPSA) is 149 Å². The number of benzene rings is 1. The summed E-state index contributed by atoms with van der Waals surface area (Å²) < 4.78 is 0. The van der Waals surface area contributed by atoms with Crippen LogP contribution in [0.25, 0.3) is 0 Å². The van der Waals surface area contributed by atoms with Gasteiger partial charge in [-0.05, 0) is 29.9 Å². The van der Waals surface area contributed by atoms with Gasteiger partial charge in [-0.1, -0.05) is 31.9 Å². The quantitative estimate of drug-likeness (QED) is 0.247. The molecule has 1 atom stereocenters. The van der Waals surface area contributed by atoms with Crippen LogP contribution in [0.3, 0.4) is 0 Å². The number of anilines is 3. The molecule has 2 heterocycles. The lowest BCUT2D eigenvalue weighted by atomic mass is 9.95. The van der Waals surface area contributed by atoms with Crippen molar-refractivity contribution in [2.24, 2.45) is 4.99 Å². The monoisotopic (exact) mass is 406 g/mol. The molecule has 3 rings (SSSR count). The van der Waals surface area contributed by atoms with E-state index in [9.17, 15) is 5.26 Å². The number of nitriles is 2. The summed E-state index contributed by atoms with van der Waals surface area (Å²) in [6.07, 6.45) is 5.42. The number of nitrogen functional groups attached to an aromatic ring is 2. The van der Waals surface area contributed by atoms with Gasteiger partial charge in [-0.3, -0.25) is 5.32 Å². The number of nitrogens with one attached hydrogen (secondary N) is 2. The van der Waals surface area contributed by atoms with E-state index in [0.717, 1.165) is 22.6 Å². The number of aliphatic imine (C=N–C) groups is 1. The van der Waals surface area contributed by atoms with Gasteiger partial charge in [0.25, 0.3) is 0 Å². The van der Waals surface area contributed by atoms with Gasteiger partial charge in [-0.25, -0.2) is 9.98 Å². The first-order valence-corrected chi connectivity index (χ1v) is 10.3. The Balaban J connectivity index is 2.02. The van der Waals surface area contributed by atoms with Gasteiger partial charge >= 0.3 is 0 Å². The molecule has 1 aliphatic heterocycles. The van der Waals surface area contributed by atoms with Crippen LogP contribution in [0, 0.1) is 22.8 Å². The van der Waals surface area contributed by atoms with Crippen molar-refractivity contribution in [1.29, 1.82) is 10.5 Å². The summed E-state index contributed by atoms with van der Waals surface area (Å²) in [4.78, 5) is 10.00. The molecule has 6 N–H and O–H groups in total. The SMILES string of the molecule is CCCCCSc1cccc(C2N=C(NC#N)Nc3nc(N)c(C#N)c(N)c32)c1. The van der Waals surface area contributed by atoms with E-state index < -0.39 is 6.04 Å². The van der Waals surface area contributed by atoms with Gasteiger partial charge in [0, 0.05) is 10.5 Å². The molecule has 2 aromatic rings. The van der Waals surface area contributed by atoms with Crippen LogP contribution in [0.5, 0.6) is 0 Å². The van der Waals surface area contributed by atoms with Crippen molar-refractivity contribution >= 4 is 35.0 Å². The van der Waals surface area contributed by atoms with Gasteiger partial charge in [0.05, 0.1) is 5.69 Å². The molecule has 1 aromatic carbocycles. The lowest BCUT2D eigenvalue weighted by molar-refractivity contribution is 0.778. The van der Waals surface area contributed by atoms with E-state index in [1.807, 2.05) is 24.4 Å². The van der Waals surface area contributed by atoms with Gasteiger partial charge in [0.1, 0.15) is 29.3 Å². The summed E-state index contributed by atoms with van der Waals surface area (Å²) >= 11 is 1.79. The van der Waals surface area contributed by atoms with Crippen molar-refractivity contribution in [2.75, 3.05) is 22.5 Å². The van der Waals surface area contributed by atoms with Crippen molar-refractivity contribution < 1.29 is 0 Å². The lowest BCUT2D eigenvalue weighted by Crippen LogP contribution is -2.32. The number of thioether (sulfide) groups is 1. The van der Waals surface area contributed by atoms with E-state index in [2.05, 4.69) is 39.7 Å². The number of hydrogen-bond acceptors (Lipinski definition) is 9. The van der Waals surface area contributed by atoms with Gasteiger partial charge in [0.2, 0.25) is 5.96 Å². The number of nitrogens with two attached hydrogens (primary N) is 2. The lowest BCUT2D eigenvalue weighted by Gasteiger charge is -2.26. The number of pyridine rings is 1. The Morgan fingerprint density at radius 1 is 1.28 bits per heavy atom. The van der Waals surface area contributed by atoms with Crippen LogP contribution in [0.4, 0.5) is 17.3 Å². The van der Waals surface area contributed by atoms with E-state index in [4.69, 9.17) is 16.7 Å². The molecule has 0 saturated carbocycles. The molecular weight excluding hydrogens is 384 g/mol. The van der Waals surface area contributed by atoms with Crippen molar-refractivity contribution in [3.8, 4) is 12.3 Å². The highest BCUT2D eigenvalue weighted by molar-refractivity contribution is 7.99. The molecule has 1 aliphatic rings. The fourth-order valence-corrected chi connectivity index (χ4v) is 4.12. The second-order valence-corrected chi connectivity index (χ2v) is 7.70. The summed E-state index contributed by atoms with van der Waals surface area (Å²) in [6.45, 7) is 2.19. The van der Waals surface area contributed by atoms with Crippen LogP contribution >= 0.6 is 11.8 Å². The van der Waals surface area contributed by atoms with Crippen LogP contribution in [0.2, 0.25) is 0 Å². The smallest absolute Gasteiger partial charge is 0.211 e. The normalized spacial score (nSPS) is 14.7. The molecule has 0 spiro atoms. The highest BCUT2D eigenvalue weighted by Crippen LogP contribution is 2.41. The number of hydrogen-bond donors (Lipinski definition) is 4. The molecule has 0 saturated heterocycles. The number of unbranched alkanes of at least 4 members (excludes halogenated alkanes) is 2. The molecule has 0 amide bonds. The van der Waals surface area contributed by atoms with Crippen LogP contribution in [0.1, 0.15) is 48.9 Å². The zero-order chi connectivity index (χ0) is 20.8. The first-order valence-electron chi connectivity index (χ1n) is 9.30. The zero-order valence-corrected chi connectivity index (χ0v) is 16.9. The Kier molecular flexibility index (Phi) is 6.43. The Morgan fingerprint density at radius 2 is 2.10 bits per heavy atom. The second kappa shape index (κ2) is 9.18. The van der Waals surface area contributed by atoms with E-state index in [0.29, 0.717) is 11.4 Å². The standard InChI is InChI=1S/C20H22N8S/c1-2-3-4-8-29-13-7-5-6-12(9-13)17-15-16(23)14(10-21)18(24)27-19(15)28-20(26-17)25-11-22/h5-7,9,17H,2-4,8H2,1H3,(H6,23,24,25,26,27,28). The third kappa shape index (κ3) is 4.36. The third-order valence-electron chi connectivity index (χ3n) is 4.55. The zero-order valence-electron chi connectivity index (χ0n) is 16.1. The first kappa shape index (κ1) is 20.3. The van der Waals surface area contributed by atoms with Crippen molar-refractivity contribution in [3.63, 3.8) is 0 Å². The Bertz CT molecular complexity index is 1020. The maximum absolute atomic E-state index is 9.41. The molecule has 0 radical (unpaired) electrons. The fourth-order valence-electron chi connectivity index (χ4n) is 3.14. The minimum atomic E-state index is -0.515. The predicted octanol–water partition coefficient (Wildman–Crippen LogP) is 3.34. The van der Waals surface area contributed by atoms with Crippen LogP contribution < -0.4 is 22.1 Å². The predicted molar refractivity (Wildman–Crippen MR) is 116 cm³/mol. The minimum absolute atomic E-state index is 0.0356. The molecule has 1 aromatic heterocycles. The summed E-state index contributed by atoms with van der Waals surface area (Å²) in [5.74, 6) is 1.72. The second-order valence-electron chi connectivity index (χ2n) is 6.53. The Labute approximate surface area is 174 Å². The molecule has 148 valence electrons. The molecule has 29 heavy (non-hydrogen) atoms. The van der Waals surface area contributed by atoms with Gasteiger partial charge < -0.3 is 16.8 Å². The third-order valence-corrected chi connectivity index (χ3v) is 5.63.